The number of carbonyl (C=O) groups excluding carboxylic acids is 1. The van der Waals surface area contributed by atoms with E-state index in [4.69, 9.17) is 5.11 Å². The molecular weight excluding hydrogens is 316 g/mol. The molecule has 0 saturated heterocycles. The lowest BCUT2D eigenvalue weighted by Crippen LogP contribution is -2.19. The predicted octanol–water partition coefficient (Wildman–Crippen LogP) is 3.72. The molecule has 6 heteroatoms. The number of rotatable bonds is 4. The normalized spacial score (nSPS) is 20.3. The van der Waals surface area contributed by atoms with E-state index < -0.39 is 12.5 Å². The van der Waals surface area contributed by atoms with Gasteiger partial charge in [0.05, 0.1) is 10.3 Å². The van der Waals surface area contributed by atoms with Crippen molar-refractivity contribution < 1.29 is 9.90 Å². The summed E-state index contributed by atoms with van der Waals surface area (Å²) in [6, 6.07) is 10.1. The minimum Gasteiger partial charge on any atom is -0.387 e. The summed E-state index contributed by atoms with van der Waals surface area (Å²) in [5.74, 6) is -0.403. The van der Waals surface area contributed by atoms with Gasteiger partial charge in [0.2, 0.25) is 5.91 Å². The largest absolute Gasteiger partial charge is 0.387 e. The van der Waals surface area contributed by atoms with Gasteiger partial charge in [-0.1, -0.05) is 13.0 Å². The van der Waals surface area contributed by atoms with Crippen molar-refractivity contribution in [3.63, 3.8) is 0 Å². The van der Waals surface area contributed by atoms with Crippen molar-refractivity contribution >= 4 is 40.4 Å². The van der Waals surface area contributed by atoms with Crippen LogP contribution >= 0.6 is 23.1 Å². The Morgan fingerprint density at radius 3 is 3.00 bits per heavy atom. The first-order valence-electron chi connectivity index (χ1n) is 7.17. The van der Waals surface area contributed by atoms with E-state index in [1.807, 2.05) is 36.0 Å². The SMILES string of the molecule is C[C@H]1CC(Nc2cccc(NC(=O)CO)c2)c2ccsc2S1. The minimum absolute atomic E-state index is 0.293. The summed E-state index contributed by atoms with van der Waals surface area (Å²) in [5, 5.41) is 17.8. The zero-order chi connectivity index (χ0) is 15.5. The summed E-state index contributed by atoms with van der Waals surface area (Å²) in [6.07, 6.45) is 1.07. The fraction of sp³-hybridized carbons (Fsp3) is 0.312. The molecule has 2 atom stereocenters. The van der Waals surface area contributed by atoms with E-state index in [9.17, 15) is 4.79 Å². The molecule has 3 N–H and O–H groups in total. The monoisotopic (exact) mass is 334 g/mol. The molecule has 1 aliphatic heterocycles. The van der Waals surface area contributed by atoms with Gasteiger partial charge in [-0.3, -0.25) is 4.79 Å². The molecule has 1 aromatic carbocycles. The molecule has 116 valence electrons. The number of aliphatic hydroxyl groups is 1. The first kappa shape index (κ1) is 15.4. The van der Waals surface area contributed by atoms with Gasteiger partial charge in [0.15, 0.2) is 0 Å². The van der Waals surface area contributed by atoms with Crippen molar-refractivity contribution in [3.8, 4) is 0 Å². The highest BCUT2D eigenvalue weighted by Crippen LogP contribution is 2.44. The second kappa shape index (κ2) is 6.73. The van der Waals surface area contributed by atoms with Crippen LogP contribution in [0.3, 0.4) is 0 Å². The van der Waals surface area contributed by atoms with Crippen molar-refractivity contribution in [3.05, 3.63) is 41.3 Å². The molecular formula is C16H18N2O2S2. The van der Waals surface area contributed by atoms with Crippen LogP contribution in [-0.2, 0) is 4.79 Å². The van der Waals surface area contributed by atoms with Crippen LogP contribution in [0.1, 0.15) is 24.9 Å². The standard InChI is InChI=1S/C16H18N2O2S2/c1-10-7-14(13-5-6-21-16(13)22-10)17-11-3-2-4-12(8-11)18-15(20)9-19/h2-6,8,10,14,17,19H,7,9H2,1H3,(H,18,20)/t10-,14?/m0/s1. The Morgan fingerprint density at radius 1 is 1.36 bits per heavy atom. The van der Waals surface area contributed by atoms with Gasteiger partial charge in [0, 0.05) is 16.6 Å². The zero-order valence-corrected chi connectivity index (χ0v) is 13.8. The number of aliphatic hydroxyl groups excluding tert-OH is 1. The van der Waals surface area contributed by atoms with Crippen LogP contribution in [-0.4, -0.2) is 22.9 Å². The maximum absolute atomic E-state index is 11.3. The summed E-state index contributed by atoms with van der Waals surface area (Å²) in [6.45, 7) is 1.74. The highest BCUT2D eigenvalue weighted by molar-refractivity contribution is 8.01. The van der Waals surface area contributed by atoms with Gasteiger partial charge in [0.25, 0.3) is 0 Å². The van der Waals surface area contributed by atoms with E-state index in [1.54, 1.807) is 11.3 Å². The van der Waals surface area contributed by atoms with E-state index in [-0.39, 0.29) is 0 Å². The Morgan fingerprint density at radius 2 is 2.18 bits per heavy atom. The van der Waals surface area contributed by atoms with Crippen LogP contribution in [0.2, 0.25) is 0 Å². The summed E-state index contributed by atoms with van der Waals surface area (Å²) in [5.41, 5.74) is 3.02. The van der Waals surface area contributed by atoms with Crippen LogP contribution in [0.25, 0.3) is 0 Å². The molecule has 22 heavy (non-hydrogen) atoms. The zero-order valence-electron chi connectivity index (χ0n) is 12.2. The highest BCUT2D eigenvalue weighted by Gasteiger charge is 2.26. The Bertz CT molecular complexity index is 672. The lowest BCUT2D eigenvalue weighted by molar-refractivity contribution is -0.118. The molecule has 1 unspecified atom stereocenters. The number of thioether (sulfide) groups is 1. The van der Waals surface area contributed by atoms with Crippen molar-refractivity contribution in [2.75, 3.05) is 17.2 Å². The van der Waals surface area contributed by atoms with Crippen LogP contribution in [0.5, 0.6) is 0 Å². The first-order valence-corrected chi connectivity index (χ1v) is 8.93. The van der Waals surface area contributed by atoms with E-state index in [2.05, 4.69) is 29.0 Å². The number of nitrogens with one attached hydrogen (secondary N) is 2. The lowest BCUT2D eigenvalue weighted by Gasteiger charge is -2.28. The Balaban J connectivity index is 1.76. The quantitative estimate of drug-likeness (QED) is 0.797. The summed E-state index contributed by atoms with van der Waals surface area (Å²) in [7, 11) is 0. The average molecular weight is 334 g/mol. The number of amides is 1. The van der Waals surface area contributed by atoms with Gasteiger partial charge in [-0.25, -0.2) is 0 Å². The maximum Gasteiger partial charge on any atom is 0.250 e. The predicted molar refractivity (Wildman–Crippen MR) is 92.8 cm³/mol. The number of thiophene rings is 1. The second-order valence-corrected chi connectivity index (χ2v) is 7.93. The molecule has 2 aromatic rings. The Labute approximate surface area is 137 Å². The number of benzene rings is 1. The van der Waals surface area contributed by atoms with Gasteiger partial charge in [-0.15, -0.1) is 23.1 Å². The molecule has 1 aliphatic rings. The number of fused-ring (bicyclic) bond motifs is 1. The third-order valence-corrected chi connectivity index (χ3v) is 5.88. The highest BCUT2D eigenvalue weighted by atomic mass is 32.2. The minimum atomic E-state index is -0.507. The fourth-order valence-corrected chi connectivity index (χ4v) is 5.14. The van der Waals surface area contributed by atoms with Gasteiger partial charge < -0.3 is 15.7 Å². The molecule has 0 saturated carbocycles. The molecule has 0 aliphatic carbocycles. The Hall–Kier alpha value is -1.50. The average Bonchev–Trinajstić information content (AvgIpc) is 2.95. The third kappa shape index (κ3) is 3.45. The van der Waals surface area contributed by atoms with Crippen molar-refractivity contribution in [1.29, 1.82) is 0 Å². The molecule has 1 aromatic heterocycles. The molecule has 0 fully saturated rings. The maximum atomic E-state index is 11.3. The Kier molecular flexibility index (Phi) is 4.71. The van der Waals surface area contributed by atoms with Gasteiger partial charge >= 0.3 is 0 Å². The van der Waals surface area contributed by atoms with Gasteiger partial charge in [-0.2, -0.15) is 0 Å². The van der Waals surface area contributed by atoms with Crippen LogP contribution < -0.4 is 10.6 Å². The fourth-order valence-electron chi connectivity index (χ4n) is 2.57. The molecule has 0 bridgehead atoms. The molecule has 4 nitrogen and oxygen atoms in total. The van der Waals surface area contributed by atoms with Crippen molar-refractivity contribution in [2.45, 2.75) is 28.8 Å². The van der Waals surface area contributed by atoms with E-state index in [0.717, 1.165) is 12.1 Å². The summed E-state index contributed by atoms with van der Waals surface area (Å²) < 4.78 is 1.39. The molecule has 3 rings (SSSR count). The van der Waals surface area contributed by atoms with Crippen LogP contribution in [0, 0.1) is 0 Å². The van der Waals surface area contributed by atoms with E-state index in [1.165, 1.54) is 9.77 Å². The summed E-state index contributed by atoms with van der Waals surface area (Å²) in [4.78, 5) is 11.3. The van der Waals surface area contributed by atoms with Crippen molar-refractivity contribution in [1.82, 2.24) is 0 Å². The number of anilines is 2. The number of hydrogen-bond acceptors (Lipinski definition) is 5. The topological polar surface area (TPSA) is 61.4 Å². The molecule has 0 radical (unpaired) electrons. The smallest absolute Gasteiger partial charge is 0.250 e. The number of hydrogen-bond donors (Lipinski definition) is 3. The number of carbonyl (C=O) groups is 1. The third-order valence-electron chi connectivity index (χ3n) is 3.54. The van der Waals surface area contributed by atoms with Gasteiger partial charge in [-0.05, 0) is 41.6 Å². The summed E-state index contributed by atoms with van der Waals surface area (Å²) >= 11 is 3.74. The van der Waals surface area contributed by atoms with Gasteiger partial charge in [0.1, 0.15) is 6.61 Å². The van der Waals surface area contributed by atoms with E-state index in [0.29, 0.717) is 17.0 Å². The molecule has 1 amide bonds. The van der Waals surface area contributed by atoms with Crippen molar-refractivity contribution in [2.24, 2.45) is 0 Å². The molecule has 0 spiro atoms. The lowest BCUT2D eigenvalue weighted by atomic mass is 10.0. The van der Waals surface area contributed by atoms with E-state index >= 15 is 0 Å². The van der Waals surface area contributed by atoms with Crippen LogP contribution in [0.4, 0.5) is 11.4 Å². The molecule has 2 heterocycles. The first-order chi connectivity index (χ1) is 10.7. The van der Waals surface area contributed by atoms with Crippen LogP contribution in [0.15, 0.2) is 39.9 Å². The second-order valence-electron chi connectivity index (χ2n) is 5.31.